The molecule has 0 aliphatic carbocycles. The number of hydrogen-bond acceptors (Lipinski definition) is 7. The van der Waals surface area contributed by atoms with Crippen molar-refractivity contribution in [1.29, 1.82) is 0 Å². The predicted molar refractivity (Wildman–Crippen MR) is 128 cm³/mol. The Morgan fingerprint density at radius 2 is 1.85 bits per heavy atom. The molecular formula is C23H23N7O2S. The average molecular weight is 462 g/mol. The molecule has 0 aliphatic heterocycles. The van der Waals surface area contributed by atoms with Crippen LogP contribution < -0.4 is 15.4 Å². The van der Waals surface area contributed by atoms with Gasteiger partial charge >= 0.3 is 0 Å². The third-order valence-electron chi connectivity index (χ3n) is 4.61. The number of sulfonamides is 1. The minimum absolute atomic E-state index is 0.124. The van der Waals surface area contributed by atoms with E-state index in [4.69, 9.17) is 0 Å². The number of allylic oxidation sites excluding steroid dienone is 1. The SMILES string of the molecule is C=C(C)NS(=O)(=O)c1cccc(Nc2nc(Nc3ccc(-n4ccnc4)cc3)ncc2C)c1. The summed E-state index contributed by atoms with van der Waals surface area (Å²) in [6.07, 6.45) is 7.03. The number of rotatable bonds is 8. The zero-order valence-electron chi connectivity index (χ0n) is 18.1. The van der Waals surface area contributed by atoms with Gasteiger partial charge in [0, 0.05) is 46.9 Å². The van der Waals surface area contributed by atoms with Crippen molar-refractivity contribution >= 4 is 33.2 Å². The number of hydrogen-bond donors (Lipinski definition) is 3. The second-order valence-corrected chi connectivity index (χ2v) is 9.09. The lowest BCUT2D eigenvalue weighted by Crippen LogP contribution is -2.21. The molecule has 2 aromatic heterocycles. The summed E-state index contributed by atoms with van der Waals surface area (Å²) in [5.74, 6) is 0.969. The summed E-state index contributed by atoms with van der Waals surface area (Å²) in [7, 11) is -3.69. The molecule has 4 rings (SSSR count). The van der Waals surface area contributed by atoms with Crippen molar-refractivity contribution in [2.45, 2.75) is 18.7 Å². The van der Waals surface area contributed by atoms with Crippen LogP contribution in [0.4, 0.5) is 23.1 Å². The lowest BCUT2D eigenvalue weighted by molar-refractivity contribution is 0.589. The smallest absolute Gasteiger partial charge is 0.261 e. The highest BCUT2D eigenvalue weighted by molar-refractivity contribution is 7.89. The van der Waals surface area contributed by atoms with Gasteiger partial charge in [-0.15, -0.1) is 0 Å². The van der Waals surface area contributed by atoms with E-state index in [2.05, 4.69) is 36.9 Å². The molecule has 168 valence electrons. The van der Waals surface area contributed by atoms with E-state index >= 15 is 0 Å². The molecule has 0 aliphatic rings. The van der Waals surface area contributed by atoms with E-state index in [1.807, 2.05) is 42.0 Å². The number of benzene rings is 2. The van der Waals surface area contributed by atoms with Gasteiger partial charge in [0.1, 0.15) is 5.82 Å². The van der Waals surface area contributed by atoms with Crippen LogP contribution in [0.5, 0.6) is 0 Å². The summed E-state index contributed by atoms with van der Waals surface area (Å²) < 4.78 is 29.2. The molecule has 0 unspecified atom stereocenters. The summed E-state index contributed by atoms with van der Waals surface area (Å²) in [5, 5.41) is 6.36. The van der Waals surface area contributed by atoms with Gasteiger partial charge in [0.05, 0.1) is 11.2 Å². The number of anilines is 4. The summed E-state index contributed by atoms with van der Waals surface area (Å²) in [4.78, 5) is 13.1. The highest BCUT2D eigenvalue weighted by atomic mass is 32.2. The Balaban J connectivity index is 1.52. The number of aryl methyl sites for hydroxylation is 1. The molecule has 0 saturated heterocycles. The van der Waals surface area contributed by atoms with Crippen LogP contribution in [-0.2, 0) is 10.0 Å². The fourth-order valence-corrected chi connectivity index (χ4v) is 4.17. The molecule has 2 aromatic carbocycles. The Morgan fingerprint density at radius 1 is 1.06 bits per heavy atom. The predicted octanol–water partition coefficient (Wildman–Crippen LogP) is 4.27. The van der Waals surface area contributed by atoms with Crippen LogP contribution in [0.2, 0.25) is 0 Å². The van der Waals surface area contributed by atoms with Crippen molar-refractivity contribution in [1.82, 2.24) is 24.2 Å². The molecule has 0 spiro atoms. The molecule has 33 heavy (non-hydrogen) atoms. The van der Waals surface area contributed by atoms with Crippen molar-refractivity contribution < 1.29 is 8.42 Å². The van der Waals surface area contributed by atoms with Gasteiger partial charge < -0.3 is 15.2 Å². The van der Waals surface area contributed by atoms with Crippen LogP contribution in [0, 0.1) is 6.92 Å². The van der Waals surface area contributed by atoms with Gasteiger partial charge in [-0.1, -0.05) is 12.6 Å². The van der Waals surface area contributed by atoms with E-state index in [-0.39, 0.29) is 4.90 Å². The van der Waals surface area contributed by atoms with Crippen molar-refractivity contribution in [3.05, 3.63) is 91.3 Å². The number of nitrogens with zero attached hydrogens (tertiary/aromatic N) is 4. The number of imidazole rings is 1. The molecule has 0 bridgehead atoms. The average Bonchev–Trinajstić information content (AvgIpc) is 3.31. The number of aromatic nitrogens is 4. The Kier molecular flexibility index (Phi) is 6.09. The first-order valence-corrected chi connectivity index (χ1v) is 11.5. The quantitative estimate of drug-likeness (QED) is 0.359. The van der Waals surface area contributed by atoms with Crippen LogP contribution in [0.3, 0.4) is 0 Å². The zero-order valence-corrected chi connectivity index (χ0v) is 19.0. The first-order valence-electron chi connectivity index (χ1n) is 10.0. The molecule has 0 fully saturated rings. The Morgan fingerprint density at radius 3 is 2.55 bits per heavy atom. The standard InChI is InChI=1S/C23H23N7O2S/c1-16(2)29-33(31,32)21-6-4-5-19(13-21)26-22-17(3)14-25-23(28-22)27-18-7-9-20(10-8-18)30-12-11-24-15-30/h4-15,29H,1H2,2-3H3,(H2,25,26,27,28). The Bertz CT molecular complexity index is 1380. The second kappa shape index (κ2) is 9.13. The number of nitrogens with one attached hydrogen (secondary N) is 3. The highest BCUT2D eigenvalue weighted by Gasteiger charge is 2.14. The maximum atomic E-state index is 12.4. The minimum atomic E-state index is -3.69. The maximum absolute atomic E-state index is 12.4. The molecule has 2 heterocycles. The summed E-state index contributed by atoms with van der Waals surface area (Å²) in [6, 6.07) is 14.3. The summed E-state index contributed by atoms with van der Waals surface area (Å²) in [6.45, 7) is 7.05. The van der Waals surface area contributed by atoms with Gasteiger partial charge in [-0.3, -0.25) is 4.72 Å². The summed E-state index contributed by atoms with van der Waals surface area (Å²) in [5.41, 5.74) is 3.55. The molecule has 0 atom stereocenters. The third kappa shape index (κ3) is 5.36. The van der Waals surface area contributed by atoms with E-state index < -0.39 is 10.0 Å². The zero-order chi connectivity index (χ0) is 23.4. The fraction of sp³-hybridized carbons (Fsp3) is 0.0870. The first kappa shape index (κ1) is 22.0. The van der Waals surface area contributed by atoms with E-state index in [1.54, 1.807) is 37.8 Å². The fourth-order valence-electron chi connectivity index (χ4n) is 3.05. The molecule has 0 radical (unpaired) electrons. The molecule has 10 heteroatoms. The van der Waals surface area contributed by atoms with Gasteiger partial charge in [0.25, 0.3) is 10.0 Å². The van der Waals surface area contributed by atoms with Gasteiger partial charge in [0.15, 0.2) is 0 Å². The van der Waals surface area contributed by atoms with Gasteiger partial charge in [0.2, 0.25) is 5.95 Å². The molecule has 9 nitrogen and oxygen atoms in total. The van der Waals surface area contributed by atoms with Crippen LogP contribution in [0.25, 0.3) is 5.69 Å². The van der Waals surface area contributed by atoms with E-state index in [9.17, 15) is 8.42 Å². The van der Waals surface area contributed by atoms with Gasteiger partial charge in [-0.05, 0) is 56.3 Å². The van der Waals surface area contributed by atoms with Crippen LogP contribution in [0.1, 0.15) is 12.5 Å². The van der Waals surface area contributed by atoms with Crippen LogP contribution in [-0.4, -0.2) is 27.9 Å². The van der Waals surface area contributed by atoms with E-state index in [0.717, 1.165) is 16.9 Å². The van der Waals surface area contributed by atoms with Crippen molar-refractivity contribution in [2.24, 2.45) is 0 Å². The monoisotopic (exact) mass is 461 g/mol. The third-order valence-corrected chi connectivity index (χ3v) is 6.11. The lowest BCUT2D eigenvalue weighted by Gasteiger charge is -2.13. The normalized spacial score (nSPS) is 11.1. The van der Waals surface area contributed by atoms with Gasteiger partial charge in [-0.25, -0.2) is 18.4 Å². The first-order chi connectivity index (χ1) is 15.8. The van der Waals surface area contributed by atoms with Crippen molar-refractivity contribution in [3.8, 4) is 5.69 Å². The highest BCUT2D eigenvalue weighted by Crippen LogP contribution is 2.23. The molecule has 0 saturated carbocycles. The van der Waals surface area contributed by atoms with E-state index in [0.29, 0.717) is 23.2 Å². The van der Waals surface area contributed by atoms with Crippen molar-refractivity contribution in [2.75, 3.05) is 10.6 Å². The Hall–Kier alpha value is -4.18. The van der Waals surface area contributed by atoms with Crippen molar-refractivity contribution in [3.63, 3.8) is 0 Å². The molecular weight excluding hydrogens is 438 g/mol. The maximum Gasteiger partial charge on any atom is 0.261 e. The topological polar surface area (TPSA) is 114 Å². The summed E-state index contributed by atoms with van der Waals surface area (Å²) >= 11 is 0. The van der Waals surface area contributed by atoms with Crippen LogP contribution in [0.15, 0.2) is 90.6 Å². The molecule has 0 amide bonds. The lowest BCUT2D eigenvalue weighted by atomic mass is 10.2. The van der Waals surface area contributed by atoms with Crippen LogP contribution >= 0.6 is 0 Å². The largest absolute Gasteiger partial charge is 0.340 e. The molecule has 3 N–H and O–H groups in total. The Labute approximate surface area is 192 Å². The second-order valence-electron chi connectivity index (χ2n) is 7.41. The minimum Gasteiger partial charge on any atom is -0.340 e. The van der Waals surface area contributed by atoms with E-state index in [1.165, 1.54) is 12.1 Å². The van der Waals surface area contributed by atoms with Gasteiger partial charge in [-0.2, -0.15) is 4.98 Å². The molecule has 4 aromatic rings.